The summed E-state index contributed by atoms with van der Waals surface area (Å²) in [6, 6.07) is 4.78. The molecule has 0 saturated carbocycles. The first kappa shape index (κ1) is 24.0. The second-order valence-electron chi connectivity index (χ2n) is 6.78. The van der Waals surface area contributed by atoms with Crippen molar-refractivity contribution in [1.82, 2.24) is 10.6 Å². The van der Waals surface area contributed by atoms with Crippen LogP contribution in [0.3, 0.4) is 0 Å². The van der Waals surface area contributed by atoms with Crippen molar-refractivity contribution in [3.63, 3.8) is 0 Å². The first-order chi connectivity index (χ1) is 11.0. The smallest absolute Gasteiger partial charge is 0.239 e. The van der Waals surface area contributed by atoms with E-state index in [1.807, 2.05) is 33.8 Å². The Morgan fingerprint density at radius 2 is 1.76 bits per heavy atom. The zero-order valence-corrected chi connectivity index (χ0v) is 17.2. The van der Waals surface area contributed by atoms with Crippen molar-refractivity contribution in [2.75, 3.05) is 13.1 Å². The molecule has 0 aromatic heterocycles. The van der Waals surface area contributed by atoms with Gasteiger partial charge in [-0.25, -0.2) is 0 Å². The summed E-state index contributed by atoms with van der Waals surface area (Å²) in [6.07, 6.45) is 0. The molecule has 2 amide bonds. The standard InChI is InChI=1S/C17H25Cl2N3O2.ClH/c1-10(2)15(20)16(24)21-8-14(23)22-9-17(3,4)11-5-6-12(18)13(19)7-11;/h5-7,10,15H,8-9,20H2,1-4H3,(H,21,24)(H,22,23);1H/t15-;/m0./s1. The average molecular weight is 411 g/mol. The highest BCUT2D eigenvalue weighted by Gasteiger charge is 2.23. The quantitative estimate of drug-likeness (QED) is 0.646. The molecule has 25 heavy (non-hydrogen) atoms. The van der Waals surface area contributed by atoms with Gasteiger partial charge in [0.15, 0.2) is 0 Å². The minimum atomic E-state index is -0.620. The molecular weight excluding hydrogens is 385 g/mol. The molecule has 142 valence electrons. The van der Waals surface area contributed by atoms with Crippen LogP contribution in [0.5, 0.6) is 0 Å². The lowest BCUT2D eigenvalue weighted by Crippen LogP contribution is -2.48. The average Bonchev–Trinajstić information content (AvgIpc) is 2.52. The molecule has 0 unspecified atom stereocenters. The van der Waals surface area contributed by atoms with Gasteiger partial charge in [0, 0.05) is 12.0 Å². The summed E-state index contributed by atoms with van der Waals surface area (Å²) in [5, 5.41) is 6.32. The summed E-state index contributed by atoms with van der Waals surface area (Å²) in [6.45, 7) is 7.97. The van der Waals surface area contributed by atoms with Crippen LogP contribution in [0.4, 0.5) is 0 Å². The van der Waals surface area contributed by atoms with Crippen molar-refractivity contribution in [3.05, 3.63) is 33.8 Å². The van der Waals surface area contributed by atoms with Crippen LogP contribution in [0.15, 0.2) is 18.2 Å². The maximum Gasteiger partial charge on any atom is 0.239 e. The van der Waals surface area contributed by atoms with Gasteiger partial charge in [-0.1, -0.05) is 57.0 Å². The van der Waals surface area contributed by atoms with Crippen LogP contribution < -0.4 is 16.4 Å². The molecular formula is C17H26Cl3N3O2. The normalized spacial score (nSPS) is 12.3. The van der Waals surface area contributed by atoms with Crippen molar-refractivity contribution >= 4 is 47.4 Å². The lowest BCUT2D eigenvalue weighted by molar-refractivity contribution is -0.127. The summed E-state index contributed by atoms with van der Waals surface area (Å²) in [5.74, 6) is -0.585. The van der Waals surface area contributed by atoms with Gasteiger partial charge in [-0.05, 0) is 23.6 Å². The Morgan fingerprint density at radius 1 is 1.16 bits per heavy atom. The fourth-order valence-electron chi connectivity index (χ4n) is 1.99. The van der Waals surface area contributed by atoms with Crippen molar-refractivity contribution in [1.29, 1.82) is 0 Å². The van der Waals surface area contributed by atoms with Gasteiger partial charge in [0.25, 0.3) is 0 Å². The van der Waals surface area contributed by atoms with Gasteiger partial charge < -0.3 is 16.4 Å². The van der Waals surface area contributed by atoms with Crippen LogP contribution >= 0.6 is 35.6 Å². The third-order valence-electron chi connectivity index (χ3n) is 3.87. The molecule has 0 spiro atoms. The number of hydrogen-bond acceptors (Lipinski definition) is 3. The number of nitrogens with two attached hydrogens (primary N) is 1. The second-order valence-corrected chi connectivity index (χ2v) is 7.59. The minimum absolute atomic E-state index is 0. The molecule has 0 bridgehead atoms. The summed E-state index contributed by atoms with van der Waals surface area (Å²) >= 11 is 12.0. The van der Waals surface area contributed by atoms with E-state index in [1.165, 1.54) is 0 Å². The van der Waals surface area contributed by atoms with Crippen molar-refractivity contribution < 1.29 is 9.59 Å². The van der Waals surface area contributed by atoms with E-state index in [9.17, 15) is 9.59 Å². The molecule has 0 fully saturated rings. The van der Waals surface area contributed by atoms with Gasteiger partial charge in [0.1, 0.15) is 0 Å². The van der Waals surface area contributed by atoms with E-state index in [-0.39, 0.29) is 42.1 Å². The molecule has 0 aliphatic heterocycles. The van der Waals surface area contributed by atoms with E-state index >= 15 is 0 Å². The predicted molar refractivity (Wildman–Crippen MR) is 106 cm³/mol. The van der Waals surface area contributed by atoms with Crippen molar-refractivity contribution in [3.8, 4) is 0 Å². The molecule has 0 saturated heterocycles. The number of halogens is 3. The third-order valence-corrected chi connectivity index (χ3v) is 4.61. The third kappa shape index (κ3) is 7.40. The predicted octanol–water partition coefficient (Wildman–Crippen LogP) is 2.91. The molecule has 0 radical (unpaired) electrons. The van der Waals surface area contributed by atoms with Crippen LogP contribution in [0.25, 0.3) is 0 Å². The largest absolute Gasteiger partial charge is 0.354 e. The molecule has 1 aromatic rings. The van der Waals surface area contributed by atoms with Crippen LogP contribution in [0, 0.1) is 5.92 Å². The lowest BCUT2D eigenvalue weighted by Gasteiger charge is -2.26. The Kier molecular flexibility index (Phi) is 9.80. The summed E-state index contributed by atoms with van der Waals surface area (Å²) in [4.78, 5) is 23.7. The highest BCUT2D eigenvalue weighted by molar-refractivity contribution is 6.42. The molecule has 0 aliphatic carbocycles. The SMILES string of the molecule is CC(C)[C@H](N)C(=O)NCC(=O)NCC(C)(C)c1ccc(Cl)c(Cl)c1.Cl. The maximum atomic E-state index is 11.9. The van der Waals surface area contributed by atoms with Gasteiger partial charge in [-0.2, -0.15) is 0 Å². The number of benzene rings is 1. The number of carbonyl (C=O) groups excluding carboxylic acids is 2. The Hall–Kier alpha value is -1.01. The fourth-order valence-corrected chi connectivity index (χ4v) is 2.29. The van der Waals surface area contributed by atoms with Gasteiger partial charge in [0.2, 0.25) is 11.8 Å². The second kappa shape index (κ2) is 10.2. The Bertz CT molecular complexity index is 607. The number of carbonyl (C=O) groups is 2. The summed E-state index contributed by atoms with van der Waals surface area (Å²) in [5.41, 5.74) is 6.35. The number of hydrogen-bond donors (Lipinski definition) is 3. The highest BCUT2D eigenvalue weighted by Crippen LogP contribution is 2.29. The number of rotatable bonds is 7. The Labute approximate surface area is 165 Å². The molecule has 8 heteroatoms. The van der Waals surface area contributed by atoms with Gasteiger partial charge in [0.05, 0.1) is 22.6 Å². The van der Waals surface area contributed by atoms with Crippen LogP contribution in [0.1, 0.15) is 33.3 Å². The molecule has 1 rings (SSSR count). The molecule has 0 heterocycles. The topological polar surface area (TPSA) is 84.2 Å². The van der Waals surface area contributed by atoms with E-state index < -0.39 is 6.04 Å². The first-order valence-corrected chi connectivity index (χ1v) is 8.55. The van der Waals surface area contributed by atoms with Crippen molar-refractivity contribution in [2.45, 2.75) is 39.2 Å². The number of nitrogens with one attached hydrogen (secondary N) is 2. The Morgan fingerprint density at radius 3 is 2.28 bits per heavy atom. The van der Waals surface area contributed by atoms with E-state index in [4.69, 9.17) is 28.9 Å². The fraction of sp³-hybridized carbons (Fsp3) is 0.529. The van der Waals surface area contributed by atoms with E-state index in [0.29, 0.717) is 16.6 Å². The maximum absolute atomic E-state index is 11.9. The highest BCUT2D eigenvalue weighted by atomic mass is 35.5. The van der Waals surface area contributed by atoms with E-state index in [1.54, 1.807) is 12.1 Å². The lowest BCUT2D eigenvalue weighted by atomic mass is 9.84. The molecule has 4 N–H and O–H groups in total. The van der Waals surface area contributed by atoms with Gasteiger partial charge in [-0.15, -0.1) is 12.4 Å². The summed E-state index contributed by atoms with van der Waals surface area (Å²) in [7, 11) is 0. The van der Waals surface area contributed by atoms with Crippen LogP contribution in [0.2, 0.25) is 10.0 Å². The summed E-state index contributed by atoms with van der Waals surface area (Å²) < 4.78 is 0. The molecule has 1 aromatic carbocycles. The van der Waals surface area contributed by atoms with Gasteiger partial charge >= 0.3 is 0 Å². The van der Waals surface area contributed by atoms with Crippen LogP contribution in [-0.4, -0.2) is 30.9 Å². The molecule has 0 aliphatic rings. The van der Waals surface area contributed by atoms with Crippen molar-refractivity contribution in [2.24, 2.45) is 11.7 Å². The number of amides is 2. The molecule has 1 atom stereocenters. The van der Waals surface area contributed by atoms with E-state index in [2.05, 4.69) is 10.6 Å². The van der Waals surface area contributed by atoms with E-state index in [0.717, 1.165) is 5.56 Å². The zero-order chi connectivity index (χ0) is 18.5. The van der Waals surface area contributed by atoms with Crippen LogP contribution in [-0.2, 0) is 15.0 Å². The Balaban J connectivity index is 0.00000576. The first-order valence-electron chi connectivity index (χ1n) is 7.80. The van der Waals surface area contributed by atoms with Gasteiger partial charge in [-0.3, -0.25) is 9.59 Å². The zero-order valence-electron chi connectivity index (χ0n) is 14.9. The minimum Gasteiger partial charge on any atom is -0.354 e. The molecule has 5 nitrogen and oxygen atoms in total. The monoisotopic (exact) mass is 409 g/mol.